The van der Waals surface area contributed by atoms with E-state index in [1.807, 2.05) is 0 Å². The highest BCUT2D eigenvalue weighted by molar-refractivity contribution is 7.00. The van der Waals surface area contributed by atoms with Crippen molar-refractivity contribution in [3.63, 3.8) is 0 Å². The standard InChI is InChI=1S/C108H74BN3/c1-108(2,3)81-54-51-71(52-55-81)80-66-101-105-102(67-80)112(107-93(74-37-18-8-19-38-74)63-79(70-31-12-5-13-32-70)64-94(107)75-39-20-9-21-40-75)100-68-82(110-97-49-24-22-43-84(97)85-44-23-25-50-98(85)110)56-59-95(100)109(105)96-65-77(83-57-58-90-88-46-27-42-76-41-26-45-87(103(76)88)89-48-28-47-86(83)104(89)90)53-60-99(96)111(101)106-91(72-33-14-6-15-34-72)61-78(69-29-10-4-11-30-69)62-92(106)73-35-16-7-17-36-73/h4-68H,1-3H3. The van der Waals surface area contributed by atoms with Gasteiger partial charge in [0, 0.05) is 61.5 Å². The molecule has 3 nitrogen and oxygen atoms in total. The number of benzene rings is 19. The first-order chi connectivity index (χ1) is 55.2. The van der Waals surface area contributed by atoms with Crippen molar-refractivity contribution in [1.82, 2.24) is 4.57 Å². The van der Waals surface area contributed by atoms with Crippen molar-refractivity contribution in [2.45, 2.75) is 26.2 Å². The molecule has 0 fully saturated rings. The van der Waals surface area contributed by atoms with Crippen LogP contribution in [0.1, 0.15) is 26.3 Å². The third kappa shape index (κ3) is 10.4. The number of fused-ring (bicyclic) bond motifs is 9. The van der Waals surface area contributed by atoms with Gasteiger partial charge in [-0.3, -0.25) is 0 Å². The monoisotopic (exact) mass is 1420 g/mol. The summed E-state index contributed by atoms with van der Waals surface area (Å²) in [5, 5.41) is 12.6. The van der Waals surface area contributed by atoms with E-state index < -0.39 is 0 Å². The highest BCUT2D eigenvalue weighted by atomic mass is 15.2. The molecule has 112 heavy (non-hydrogen) atoms. The molecular weight excluding hydrogens is 1350 g/mol. The van der Waals surface area contributed by atoms with Crippen LogP contribution in [0.5, 0.6) is 0 Å². The topological polar surface area (TPSA) is 11.4 Å². The minimum atomic E-state index is -0.315. The van der Waals surface area contributed by atoms with Gasteiger partial charge in [0.2, 0.25) is 0 Å². The minimum Gasteiger partial charge on any atom is -0.310 e. The maximum atomic E-state index is 2.72. The summed E-state index contributed by atoms with van der Waals surface area (Å²) in [7, 11) is 0. The Balaban J connectivity index is 0.923. The van der Waals surface area contributed by atoms with Gasteiger partial charge in [0.1, 0.15) is 0 Å². The van der Waals surface area contributed by atoms with Crippen LogP contribution in [0.15, 0.2) is 394 Å². The van der Waals surface area contributed by atoms with Crippen LogP contribution in [0.4, 0.5) is 34.1 Å². The van der Waals surface area contributed by atoms with Crippen LogP contribution in [0, 0.1) is 0 Å². The van der Waals surface area contributed by atoms with E-state index in [0.717, 1.165) is 134 Å². The van der Waals surface area contributed by atoms with Gasteiger partial charge in [-0.25, -0.2) is 0 Å². The molecule has 0 radical (unpaired) electrons. The predicted molar refractivity (Wildman–Crippen MR) is 478 cm³/mol. The van der Waals surface area contributed by atoms with E-state index in [0.29, 0.717) is 0 Å². The summed E-state index contributed by atoms with van der Waals surface area (Å²) in [5.74, 6) is 0. The van der Waals surface area contributed by atoms with Crippen LogP contribution in [-0.4, -0.2) is 11.3 Å². The second kappa shape index (κ2) is 25.8. The molecule has 22 rings (SSSR count). The lowest BCUT2D eigenvalue weighted by atomic mass is 9.33. The molecule has 1 aromatic heterocycles. The number of hydrogen-bond donors (Lipinski definition) is 0. The summed E-state index contributed by atoms with van der Waals surface area (Å²) in [5.41, 5.74) is 33.0. The van der Waals surface area contributed by atoms with Crippen molar-refractivity contribution in [2.24, 2.45) is 0 Å². The lowest BCUT2D eigenvalue weighted by Gasteiger charge is -2.46. The summed E-state index contributed by atoms with van der Waals surface area (Å²) in [4.78, 5) is 5.43. The molecule has 0 aliphatic carbocycles. The fourth-order valence-electron chi connectivity index (χ4n) is 18.9. The lowest BCUT2D eigenvalue weighted by molar-refractivity contribution is 0.590. The van der Waals surface area contributed by atoms with E-state index in [2.05, 4.69) is 429 Å². The Labute approximate surface area is 652 Å². The van der Waals surface area contributed by atoms with Gasteiger partial charge >= 0.3 is 0 Å². The fourth-order valence-corrected chi connectivity index (χ4v) is 18.9. The predicted octanol–water partition coefficient (Wildman–Crippen LogP) is 27.6. The molecule has 0 saturated carbocycles. The zero-order valence-electron chi connectivity index (χ0n) is 62.4. The van der Waals surface area contributed by atoms with Gasteiger partial charge in [-0.1, -0.05) is 348 Å². The quantitative estimate of drug-likeness (QED) is 0.0726. The first-order valence-corrected chi connectivity index (χ1v) is 39.2. The molecule has 0 saturated heterocycles. The van der Waals surface area contributed by atoms with Crippen molar-refractivity contribution >= 4 is 122 Å². The van der Waals surface area contributed by atoms with E-state index in [1.165, 1.54) is 81.4 Å². The van der Waals surface area contributed by atoms with Crippen LogP contribution >= 0.6 is 0 Å². The normalized spacial score (nSPS) is 12.5. The summed E-state index contributed by atoms with van der Waals surface area (Å²) < 4.78 is 2.51. The Morgan fingerprint density at radius 3 is 1.12 bits per heavy atom. The second-order valence-electron chi connectivity index (χ2n) is 31.4. The molecular formula is C108H74BN3. The molecule has 0 N–H and O–H groups in total. The molecule has 0 unspecified atom stereocenters. The number of hydrogen-bond acceptors (Lipinski definition) is 2. The van der Waals surface area contributed by atoms with E-state index >= 15 is 0 Å². The largest absolute Gasteiger partial charge is 0.310 e. The molecule has 20 aromatic rings. The minimum absolute atomic E-state index is 0.0745. The highest BCUT2D eigenvalue weighted by Crippen LogP contribution is 2.56. The average molecular weight is 1420 g/mol. The van der Waals surface area contributed by atoms with E-state index in [9.17, 15) is 0 Å². The third-order valence-electron chi connectivity index (χ3n) is 24.0. The number of aromatic nitrogens is 1. The van der Waals surface area contributed by atoms with Crippen LogP contribution in [0.3, 0.4) is 0 Å². The fraction of sp³-hybridized carbons (Fsp3) is 0.0370. The van der Waals surface area contributed by atoms with E-state index in [-0.39, 0.29) is 12.1 Å². The Kier molecular flexibility index (Phi) is 15.0. The summed E-state index contributed by atoms with van der Waals surface area (Å²) in [6.07, 6.45) is 0. The zero-order chi connectivity index (χ0) is 74.3. The molecule has 2 aliphatic heterocycles. The zero-order valence-corrected chi connectivity index (χ0v) is 62.4. The maximum absolute atomic E-state index is 2.72. The molecule has 0 atom stereocenters. The van der Waals surface area contributed by atoms with Gasteiger partial charge in [0.05, 0.1) is 22.4 Å². The van der Waals surface area contributed by atoms with Crippen molar-refractivity contribution in [3.05, 3.63) is 400 Å². The summed E-state index contributed by atoms with van der Waals surface area (Å²) in [6, 6.07) is 149. The Morgan fingerprint density at radius 2 is 0.625 bits per heavy atom. The maximum Gasteiger partial charge on any atom is 0.252 e. The van der Waals surface area contributed by atoms with Gasteiger partial charge in [-0.05, 0) is 204 Å². The Hall–Kier alpha value is -14.1. The second-order valence-corrected chi connectivity index (χ2v) is 31.4. The first kappa shape index (κ1) is 65.1. The van der Waals surface area contributed by atoms with Crippen LogP contribution < -0.4 is 26.2 Å². The van der Waals surface area contributed by atoms with Crippen molar-refractivity contribution in [2.75, 3.05) is 9.80 Å². The number of nitrogens with zero attached hydrogens (tertiary/aromatic N) is 3. The van der Waals surface area contributed by atoms with Gasteiger partial charge in [-0.2, -0.15) is 0 Å². The van der Waals surface area contributed by atoms with Crippen molar-refractivity contribution in [1.29, 1.82) is 0 Å². The third-order valence-corrected chi connectivity index (χ3v) is 24.0. The van der Waals surface area contributed by atoms with Crippen LogP contribution in [-0.2, 0) is 5.41 Å². The van der Waals surface area contributed by atoms with Crippen molar-refractivity contribution < 1.29 is 0 Å². The SMILES string of the molecule is CC(C)(C)c1ccc(-c2cc3c4c(c2)N(c2c(-c5ccccc5)cc(-c5ccccc5)cc2-c2ccccc2)c2cc(-n5c6ccccc6c6ccccc65)ccc2B4c2cc(-c4ccc5c6cccc7cccc(c8cccc4c85)c76)ccc2N3c2c(-c3ccccc3)cc(-c3ccccc3)cc2-c2ccccc2)cc1. The average Bonchev–Trinajstić information content (AvgIpc) is 0.821. The summed E-state index contributed by atoms with van der Waals surface area (Å²) in [6.45, 7) is 6.63. The van der Waals surface area contributed by atoms with Gasteiger partial charge in [0.25, 0.3) is 6.71 Å². The van der Waals surface area contributed by atoms with E-state index in [1.54, 1.807) is 0 Å². The first-order valence-electron chi connectivity index (χ1n) is 39.2. The molecule has 0 amide bonds. The van der Waals surface area contributed by atoms with Gasteiger partial charge in [-0.15, -0.1) is 0 Å². The smallest absolute Gasteiger partial charge is 0.252 e. The van der Waals surface area contributed by atoms with Crippen LogP contribution in [0.25, 0.3) is 160 Å². The molecule has 0 spiro atoms. The van der Waals surface area contributed by atoms with Gasteiger partial charge in [0.15, 0.2) is 0 Å². The Morgan fingerprint density at radius 1 is 0.232 bits per heavy atom. The van der Waals surface area contributed by atoms with Gasteiger partial charge < -0.3 is 14.4 Å². The molecule has 19 aromatic carbocycles. The van der Waals surface area contributed by atoms with E-state index in [4.69, 9.17) is 0 Å². The molecule has 3 heterocycles. The van der Waals surface area contributed by atoms with Crippen molar-refractivity contribution in [3.8, 4) is 94.7 Å². The molecule has 4 heteroatoms. The molecule has 2 aliphatic rings. The molecule has 524 valence electrons. The lowest BCUT2D eigenvalue weighted by Crippen LogP contribution is -2.61. The highest BCUT2D eigenvalue weighted by Gasteiger charge is 2.46. The Bertz CT molecular complexity index is 6900. The molecule has 0 bridgehead atoms. The summed E-state index contributed by atoms with van der Waals surface area (Å²) >= 11 is 0. The number of rotatable bonds is 11. The number of para-hydroxylation sites is 2. The van der Waals surface area contributed by atoms with Crippen LogP contribution in [0.2, 0.25) is 0 Å². The number of anilines is 6.